The quantitative estimate of drug-likeness (QED) is 0.383. The van der Waals surface area contributed by atoms with Gasteiger partial charge in [0.2, 0.25) is 0 Å². The molecule has 0 amide bonds. The van der Waals surface area contributed by atoms with Crippen molar-refractivity contribution in [3.05, 3.63) is 82.7 Å². The summed E-state index contributed by atoms with van der Waals surface area (Å²) in [7, 11) is 0. The fourth-order valence-corrected chi connectivity index (χ4v) is 5.94. The second kappa shape index (κ2) is 8.10. The molecule has 2 aliphatic heterocycles. The first kappa shape index (κ1) is 20.0. The van der Waals surface area contributed by atoms with E-state index in [2.05, 4.69) is 75.4 Å². The molecule has 0 bridgehead atoms. The molecule has 2 aromatic carbocycles. The lowest BCUT2D eigenvalue weighted by Gasteiger charge is -2.23. The molecule has 0 atom stereocenters. The van der Waals surface area contributed by atoms with Crippen molar-refractivity contribution in [2.24, 2.45) is 0 Å². The van der Waals surface area contributed by atoms with Crippen molar-refractivity contribution in [3.63, 3.8) is 0 Å². The average Bonchev–Trinajstić information content (AvgIpc) is 3.54. The molecule has 1 saturated heterocycles. The van der Waals surface area contributed by atoms with Gasteiger partial charge in [0.05, 0.1) is 11.2 Å². The van der Waals surface area contributed by atoms with Gasteiger partial charge in [0.1, 0.15) is 11.2 Å². The van der Waals surface area contributed by atoms with E-state index in [0.29, 0.717) is 5.92 Å². The molecular weight excluding hydrogens is 418 g/mol. The third-order valence-electron chi connectivity index (χ3n) is 7.81. The summed E-state index contributed by atoms with van der Waals surface area (Å²) in [6.07, 6.45) is 9.16. The maximum atomic E-state index is 5.09. The van der Waals surface area contributed by atoms with Gasteiger partial charge in [-0.15, -0.1) is 0 Å². The number of hydrogen-bond acceptors (Lipinski definition) is 4. The molecule has 1 aliphatic carbocycles. The molecule has 4 heterocycles. The summed E-state index contributed by atoms with van der Waals surface area (Å²) in [5.74, 6) is 0.525. The molecule has 3 aliphatic rings. The van der Waals surface area contributed by atoms with Crippen LogP contribution >= 0.6 is 0 Å². The Balaban J connectivity index is 1.23. The first-order chi connectivity index (χ1) is 16.8. The number of nitrogens with one attached hydrogen (secondary N) is 3. The van der Waals surface area contributed by atoms with Crippen LogP contribution in [-0.4, -0.2) is 28.3 Å². The molecule has 7 rings (SSSR count). The molecular formula is C29H29N5. The van der Waals surface area contributed by atoms with E-state index < -0.39 is 0 Å². The predicted octanol–water partition coefficient (Wildman–Crippen LogP) is 5.59. The van der Waals surface area contributed by atoms with E-state index in [1.54, 1.807) is 0 Å². The van der Waals surface area contributed by atoms with Crippen molar-refractivity contribution in [2.75, 3.05) is 18.4 Å². The van der Waals surface area contributed by atoms with Crippen molar-refractivity contribution < 1.29 is 0 Å². The molecule has 0 unspecified atom stereocenters. The van der Waals surface area contributed by atoms with Crippen LogP contribution in [0.5, 0.6) is 0 Å². The van der Waals surface area contributed by atoms with Gasteiger partial charge in [0, 0.05) is 17.3 Å². The number of aromatic amines is 1. The lowest BCUT2D eigenvalue weighted by molar-refractivity contribution is 0.454. The zero-order valence-electron chi connectivity index (χ0n) is 19.3. The van der Waals surface area contributed by atoms with Crippen LogP contribution in [0.4, 0.5) is 5.69 Å². The maximum Gasteiger partial charge on any atom is 0.134 e. The fourth-order valence-electron chi connectivity index (χ4n) is 5.94. The number of anilines is 1. The summed E-state index contributed by atoms with van der Waals surface area (Å²) in [5, 5.41) is 15.0. The number of benzene rings is 2. The van der Waals surface area contributed by atoms with E-state index >= 15 is 0 Å². The highest BCUT2D eigenvalue weighted by atomic mass is 15.1. The van der Waals surface area contributed by atoms with E-state index in [4.69, 9.17) is 4.98 Å². The smallest absolute Gasteiger partial charge is 0.134 e. The Hall–Kier alpha value is -3.44. The molecule has 2 aromatic heterocycles. The van der Waals surface area contributed by atoms with E-state index in [1.165, 1.54) is 58.5 Å². The molecule has 0 spiro atoms. The molecule has 0 radical (unpaired) electrons. The van der Waals surface area contributed by atoms with Gasteiger partial charge >= 0.3 is 0 Å². The molecule has 170 valence electrons. The van der Waals surface area contributed by atoms with Gasteiger partial charge in [-0.05, 0) is 97.6 Å². The zero-order chi connectivity index (χ0) is 22.5. The highest BCUT2D eigenvalue weighted by molar-refractivity contribution is 5.93. The third-order valence-corrected chi connectivity index (χ3v) is 7.81. The topological polar surface area (TPSA) is 65.6 Å². The maximum absolute atomic E-state index is 5.09. The van der Waals surface area contributed by atoms with Crippen molar-refractivity contribution in [1.82, 2.24) is 20.5 Å². The predicted molar refractivity (Wildman–Crippen MR) is 138 cm³/mol. The normalized spacial score (nSPS) is 17.8. The number of allylic oxidation sites excluding steroid dienone is 1. The van der Waals surface area contributed by atoms with Crippen LogP contribution < -0.4 is 10.6 Å². The largest absolute Gasteiger partial charge is 0.354 e. The summed E-state index contributed by atoms with van der Waals surface area (Å²) < 4.78 is 0. The van der Waals surface area contributed by atoms with Crippen molar-refractivity contribution in [2.45, 2.75) is 44.4 Å². The number of aryl methyl sites for hydroxylation is 2. The third kappa shape index (κ3) is 3.34. The Morgan fingerprint density at radius 3 is 2.76 bits per heavy atom. The van der Waals surface area contributed by atoms with Gasteiger partial charge in [-0.1, -0.05) is 36.4 Å². The number of rotatable bonds is 3. The van der Waals surface area contributed by atoms with Crippen LogP contribution in [-0.2, 0) is 19.3 Å². The monoisotopic (exact) mass is 447 g/mol. The first-order valence-electron chi connectivity index (χ1n) is 12.6. The molecule has 5 heteroatoms. The van der Waals surface area contributed by atoms with Gasteiger partial charge in [-0.3, -0.25) is 5.10 Å². The Morgan fingerprint density at radius 2 is 1.82 bits per heavy atom. The van der Waals surface area contributed by atoms with Crippen molar-refractivity contribution in [3.8, 4) is 11.1 Å². The second-order valence-electron chi connectivity index (χ2n) is 9.84. The molecule has 1 fully saturated rings. The van der Waals surface area contributed by atoms with E-state index in [9.17, 15) is 0 Å². The Kier molecular flexibility index (Phi) is 4.76. The number of aromatic nitrogens is 3. The van der Waals surface area contributed by atoms with E-state index in [0.717, 1.165) is 54.8 Å². The van der Waals surface area contributed by atoms with Crippen LogP contribution in [0.15, 0.2) is 54.6 Å². The van der Waals surface area contributed by atoms with Crippen molar-refractivity contribution in [1.29, 1.82) is 0 Å². The minimum atomic E-state index is 0.525. The van der Waals surface area contributed by atoms with E-state index in [1.807, 2.05) is 0 Å². The minimum absolute atomic E-state index is 0.525. The minimum Gasteiger partial charge on any atom is -0.354 e. The van der Waals surface area contributed by atoms with Gasteiger partial charge in [0.25, 0.3) is 0 Å². The number of piperidine rings is 1. The van der Waals surface area contributed by atoms with Crippen LogP contribution in [0.1, 0.15) is 53.3 Å². The van der Waals surface area contributed by atoms with E-state index in [-0.39, 0.29) is 0 Å². The Morgan fingerprint density at radius 1 is 0.912 bits per heavy atom. The van der Waals surface area contributed by atoms with Crippen LogP contribution in [0.25, 0.3) is 27.9 Å². The van der Waals surface area contributed by atoms with Gasteiger partial charge in [-0.25, -0.2) is 4.98 Å². The standard InChI is InChI=1S/C29H29N5/c1-3-18-7-8-21(17-20(18)4-1)22-5-2-6-25-23(22)9-10-26(31-25)29-28-27(33-34-29)12-11-24(32-28)19-13-15-30-16-14-19/h2,5-8,10-12,17,19,30-31H,1,3-4,9,13-16H2,(H,33,34). The van der Waals surface area contributed by atoms with Crippen LogP contribution in [0.2, 0.25) is 0 Å². The number of hydrogen-bond donors (Lipinski definition) is 3. The molecule has 3 N–H and O–H groups in total. The summed E-state index contributed by atoms with van der Waals surface area (Å²) in [4.78, 5) is 5.09. The fraction of sp³-hybridized carbons (Fsp3) is 0.310. The molecule has 0 saturated carbocycles. The lowest BCUT2D eigenvalue weighted by atomic mass is 9.92. The molecule has 5 nitrogen and oxygen atoms in total. The number of H-pyrrole nitrogens is 1. The zero-order valence-corrected chi connectivity index (χ0v) is 19.3. The van der Waals surface area contributed by atoms with Gasteiger partial charge in [-0.2, -0.15) is 5.10 Å². The first-order valence-corrected chi connectivity index (χ1v) is 12.6. The SMILES string of the molecule is C1=C(c2n[nH]c3ccc(C4CCNCC4)nc23)Nc2cccc(-c3ccc4c(c3)CCC4)c2C1. The Bertz CT molecular complexity index is 1420. The average molecular weight is 448 g/mol. The summed E-state index contributed by atoms with van der Waals surface area (Å²) in [6.45, 7) is 2.14. The van der Waals surface area contributed by atoms with Gasteiger partial charge < -0.3 is 10.6 Å². The summed E-state index contributed by atoms with van der Waals surface area (Å²) in [5.41, 5.74) is 13.3. The van der Waals surface area contributed by atoms with Gasteiger partial charge in [0.15, 0.2) is 0 Å². The summed E-state index contributed by atoms with van der Waals surface area (Å²) in [6, 6.07) is 17.9. The number of pyridine rings is 1. The van der Waals surface area contributed by atoms with Crippen LogP contribution in [0, 0.1) is 0 Å². The molecule has 34 heavy (non-hydrogen) atoms. The highest BCUT2D eigenvalue weighted by Gasteiger charge is 2.22. The van der Waals surface area contributed by atoms with Crippen molar-refractivity contribution >= 4 is 22.4 Å². The Labute approximate surface area is 199 Å². The molecule has 4 aromatic rings. The van der Waals surface area contributed by atoms with Crippen LogP contribution in [0.3, 0.4) is 0 Å². The summed E-state index contributed by atoms with van der Waals surface area (Å²) >= 11 is 0. The second-order valence-corrected chi connectivity index (χ2v) is 9.84. The highest BCUT2D eigenvalue weighted by Crippen LogP contribution is 2.37. The number of nitrogens with zero attached hydrogens (tertiary/aromatic N) is 2. The number of fused-ring (bicyclic) bond motifs is 3. The lowest BCUT2D eigenvalue weighted by Crippen LogP contribution is -2.27.